The smallest absolute Gasteiger partial charge is 0.0205 e. The van der Waals surface area contributed by atoms with Crippen molar-refractivity contribution in [3.63, 3.8) is 0 Å². The molecule has 2 rings (SSSR count). The van der Waals surface area contributed by atoms with Crippen LogP contribution in [0.1, 0.15) is 43.2 Å². The summed E-state index contributed by atoms with van der Waals surface area (Å²) in [7, 11) is 0. The van der Waals surface area contributed by atoms with Crippen molar-refractivity contribution in [1.29, 1.82) is 0 Å². The van der Waals surface area contributed by atoms with Crippen LogP contribution in [0, 0.1) is 12.8 Å². The zero-order valence-corrected chi connectivity index (χ0v) is 10.3. The highest BCUT2D eigenvalue weighted by Crippen LogP contribution is 2.26. The Bertz CT molecular complexity index is 296. The Hall–Kier alpha value is -0.820. The van der Waals surface area contributed by atoms with E-state index < -0.39 is 0 Å². The standard InChI is InChI=1S/C15H23N/c1-13-6-8-15(9-7-13)12-16-11-10-14-4-2-3-5-14/h6-9,14,16H,2-5,10-12H2,1H3. The van der Waals surface area contributed by atoms with E-state index in [9.17, 15) is 0 Å². The number of hydrogen-bond acceptors (Lipinski definition) is 1. The van der Waals surface area contributed by atoms with Crippen LogP contribution in [0.25, 0.3) is 0 Å². The second kappa shape index (κ2) is 6.05. The predicted octanol–water partition coefficient (Wildman–Crippen LogP) is 3.66. The maximum atomic E-state index is 3.55. The van der Waals surface area contributed by atoms with E-state index in [0.29, 0.717) is 0 Å². The summed E-state index contributed by atoms with van der Waals surface area (Å²) < 4.78 is 0. The monoisotopic (exact) mass is 217 g/mol. The quantitative estimate of drug-likeness (QED) is 0.742. The maximum Gasteiger partial charge on any atom is 0.0205 e. The molecule has 1 aliphatic rings. The van der Waals surface area contributed by atoms with Gasteiger partial charge >= 0.3 is 0 Å². The van der Waals surface area contributed by atoms with Crippen LogP contribution in [0.15, 0.2) is 24.3 Å². The van der Waals surface area contributed by atoms with Crippen molar-refractivity contribution < 1.29 is 0 Å². The van der Waals surface area contributed by atoms with Gasteiger partial charge in [0.25, 0.3) is 0 Å². The van der Waals surface area contributed by atoms with Gasteiger partial charge in [0.1, 0.15) is 0 Å². The van der Waals surface area contributed by atoms with Crippen molar-refractivity contribution >= 4 is 0 Å². The molecule has 1 nitrogen and oxygen atoms in total. The molecule has 0 atom stereocenters. The summed E-state index contributed by atoms with van der Waals surface area (Å²) in [6.07, 6.45) is 7.22. The van der Waals surface area contributed by atoms with E-state index in [0.717, 1.165) is 12.5 Å². The summed E-state index contributed by atoms with van der Waals surface area (Å²) in [6, 6.07) is 8.82. The Kier molecular flexibility index (Phi) is 4.41. The van der Waals surface area contributed by atoms with Crippen LogP contribution in [0.3, 0.4) is 0 Å². The van der Waals surface area contributed by atoms with Gasteiger partial charge in [-0.3, -0.25) is 0 Å². The number of aryl methyl sites for hydroxylation is 1. The van der Waals surface area contributed by atoms with Crippen molar-refractivity contribution in [2.45, 2.75) is 45.6 Å². The molecule has 1 heteroatoms. The Morgan fingerprint density at radius 2 is 1.81 bits per heavy atom. The first kappa shape index (κ1) is 11.7. The molecule has 0 amide bonds. The average Bonchev–Trinajstić information content (AvgIpc) is 2.80. The predicted molar refractivity (Wildman–Crippen MR) is 69.5 cm³/mol. The molecule has 1 aliphatic carbocycles. The molecule has 0 spiro atoms. The fourth-order valence-electron chi connectivity index (χ4n) is 2.54. The Morgan fingerprint density at radius 1 is 1.12 bits per heavy atom. The lowest BCUT2D eigenvalue weighted by molar-refractivity contribution is 0.477. The molecule has 0 unspecified atom stereocenters. The molecule has 1 aromatic rings. The Labute approximate surface area is 99.3 Å². The number of hydrogen-bond donors (Lipinski definition) is 1. The second-order valence-corrected chi connectivity index (χ2v) is 5.10. The summed E-state index contributed by atoms with van der Waals surface area (Å²) in [6.45, 7) is 4.34. The van der Waals surface area contributed by atoms with Gasteiger partial charge < -0.3 is 5.32 Å². The Balaban J connectivity index is 1.62. The van der Waals surface area contributed by atoms with Gasteiger partial charge in [-0.2, -0.15) is 0 Å². The number of nitrogens with one attached hydrogen (secondary N) is 1. The third-order valence-electron chi connectivity index (χ3n) is 3.65. The zero-order valence-electron chi connectivity index (χ0n) is 10.3. The van der Waals surface area contributed by atoms with Gasteiger partial charge in [0, 0.05) is 6.54 Å². The van der Waals surface area contributed by atoms with E-state index in [1.807, 2.05) is 0 Å². The molecule has 88 valence electrons. The van der Waals surface area contributed by atoms with Crippen molar-refractivity contribution in [3.8, 4) is 0 Å². The molecule has 0 bridgehead atoms. The fourth-order valence-corrected chi connectivity index (χ4v) is 2.54. The Morgan fingerprint density at radius 3 is 2.50 bits per heavy atom. The van der Waals surface area contributed by atoms with E-state index in [1.165, 1.54) is 49.8 Å². The minimum atomic E-state index is 1.01. The van der Waals surface area contributed by atoms with Crippen molar-refractivity contribution in [3.05, 3.63) is 35.4 Å². The van der Waals surface area contributed by atoms with Crippen LogP contribution >= 0.6 is 0 Å². The van der Waals surface area contributed by atoms with Crippen LogP contribution in [0.5, 0.6) is 0 Å². The number of benzene rings is 1. The molecule has 0 aromatic heterocycles. The molecular weight excluding hydrogens is 194 g/mol. The SMILES string of the molecule is Cc1ccc(CNCCC2CCCC2)cc1. The fraction of sp³-hybridized carbons (Fsp3) is 0.600. The van der Waals surface area contributed by atoms with E-state index in [-0.39, 0.29) is 0 Å². The molecule has 0 heterocycles. The minimum Gasteiger partial charge on any atom is -0.313 e. The van der Waals surface area contributed by atoms with Gasteiger partial charge in [-0.25, -0.2) is 0 Å². The molecule has 1 N–H and O–H groups in total. The van der Waals surface area contributed by atoms with E-state index in [2.05, 4.69) is 36.5 Å². The third-order valence-corrected chi connectivity index (χ3v) is 3.65. The summed E-state index contributed by atoms with van der Waals surface area (Å²) in [5.41, 5.74) is 2.74. The summed E-state index contributed by atoms with van der Waals surface area (Å²) in [5, 5.41) is 3.55. The van der Waals surface area contributed by atoms with Crippen LogP contribution in [-0.4, -0.2) is 6.54 Å². The molecule has 0 aliphatic heterocycles. The zero-order chi connectivity index (χ0) is 11.2. The molecule has 1 fully saturated rings. The van der Waals surface area contributed by atoms with Crippen molar-refractivity contribution in [2.24, 2.45) is 5.92 Å². The molecule has 1 aromatic carbocycles. The van der Waals surface area contributed by atoms with Gasteiger partial charge in [-0.1, -0.05) is 55.5 Å². The topological polar surface area (TPSA) is 12.0 Å². The second-order valence-electron chi connectivity index (χ2n) is 5.10. The lowest BCUT2D eigenvalue weighted by atomic mass is 10.0. The molecule has 0 saturated heterocycles. The first-order valence-electron chi connectivity index (χ1n) is 6.61. The first-order chi connectivity index (χ1) is 7.84. The van der Waals surface area contributed by atoms with Crippen LogP contribution in [0.4, 0.5) is 0 Å². The highest BCUT2D eigenvalue weighted by Gasteiger charge is 2.13. The highest BCUT2D eigenvalue weighted by atomic mass is 14.8. The normalized spacial score (nSPS) is 16.8. The number of rotatable bonds is 5. The van der Waals surface area contributed by atoms with Crippen LogP contribution < -0.4 is 5.32 Å². The van der Waals surface area contributed by atoms with Crippen molar-refractivity contribution in [1.82, 2.24) is 5.32 Å². The molecule has 16 heavy (non-hydrogen) atoms. The van der Waals surface area contributed by atoms with E-state index in [4.69, 9.17) is 0 Å². The summed E-state index contributed by atoms with van der Waals surface area (Å²) in [4.78, 5) is 0. The van der Waals surface area contributed by atoms with Crippen molar-refractivity contribution in [2.75, 3.05) is 6.54 Å². The van der Waals surface area contributed by atoms with Gasteiger partial charge in [0.15, 0.2) is 0 Å². The minimum absolute atomic E-state index is 1.01. The maximum absolute atomic E-state index is 3.55. The highest BCUT2D eigenvalue weighted by molar-refractivity contribution is 5.20. The van der Waals surface area contributed by atoms with Gasteiger partial charge in [-0.05, 0) is 31.4 Å². The van der Waals surface area contributed by atoms with E-state index >= 15 is 0 Å². The summed E-state index contributed by atoms with van der Waals surface area (Å²) in [5.74, 6) is 1.01. The first-order valence-corrected chi connectivity index (χ1v) is 6.61. The van der Waals surface area contributed by atoms with Crippen LogP contribution in [-0.2, 0) is 6.54 Å². The third kappa shape index (κ3) is 3.64. The molecule has 1 saturated carbocycles. The lowest BCUT2D eigenvalue weighted by Crippen LogP contribution is -2.16. The van der Waals surface area contributed by atoms with Gasteiger partial charge in [-0.15, -0.1) is 0 Å². The average molecular weight is 217 g/mol. The molecule has 0 radical (unpaired) electrons. The summed E-state index contributed by atoms with van der Waals surface area (Å²) >= 11 is 0. The van der Waals surface area contributed by atoms with Crippen LogP contribution in [0.2, 0.25) is 0 Å². The van der Waals surface area contributed by atoms with E-state index in [1.54, 1.807) is 0 Å². The van der Waals surface area contributed by atoms with Gasteiger partial charge in [0.2, 0.25) is 0 Å². The lowest BCUT2D eigenvalue weighted by Gasteiger charge is -2.09. The largest absolute Gasteiger partial charge is 0.313 e. The van der Waals surface area contributed by atoms with Gasteiger partial charge in [0.05, 0.1) is 0 Å². The molecular formula is C15H23N.